The van der Waals surface area contributed by atoms with Gasteiger partial charge in [-0.25, -0.2) is 0 Å². The van der Waals surface area contributed by atoms with Crippen molar-refractivity contribution < 1.29 is 0 Å². The van der Waals surface area contributed by atoms with Gasteiger partial charge >= 0.3 is 0 Å². The van der Waals surface area contributed by atoms with Crippen LogP contribution in [0.2, 0.25) is 0 Å². The summed E-state index contributed by atoms with van der Waals surface area (Å²) in [6.07, 6.45) is 6.11. The van der Waals surface area contributed by atoms with Crippen molar-refractivity contribution >= 4 is 22.1 Å². The van der Waals surface area contributed by atoms with Crippen molar-refractivity contribution in [1.82, 2.24) is 10.9 Å². The van der Waals surface area contributed by atoms with Crippen LogP contribution in [0.4, 0.5) is 0 Å². The Morgan fingerprint density at radius 3 is 2.62 bits per heavy atom. The van der Waals surface area contributed by atoms with Gasteiger partial charge in [-0.2, -0.15) is 0 Å². The van der Waals surface area contributed by atoms with Crippen LogP contribution < -0.4 is 10.9 Å². The topological polar surface area (TPSA) is 36.4 Å². The van der Waals surface area contributed by atoms with Gasteiger partial charge in [0.25, 0.3) is 0 Å². The largest absolute Gasteiger partial charge is 0.266 e. The maximum absolute atomic E-state index is 4.41. The molecule has 2 atom stereocenters. The van der Waals surface area contributed by atoms with Crippen LogP contribution in [0.25, 0.3) is 0 Å². The molecule has 3 nitrogen and oxygen atoms in total. The summed E-state index contributed by atoms with van der Waals surface area (Å²) in [5.74, 6) is 0.553. The molecule has 0 heterocycles. The van der Waals surface area contributed by atoms with Crippen molar-refractivity contribution in [2.45, 2.75) is 39.7 Å². The van der Waals surface area contributed by atoms with Crippen LogP contribution in [0.3, 0.4) is 0 Å². The molecule has 0 spiro atoms. The van der Waals surface area contributed by atoms with Crippen molar-refractivity contribution in [1.29, 1.82) is 0 Å². The van der Waals surface area contributed by atoms with Crippen LogP contribution in [0, 0.1) is 5.92 Å². The summed E-state index contributed by atoms with van der Waals surface area (Å²) in [7, 11) is 1.90. The predicted octanol–water partition coefficient (Wildman–Crippen LogP) is 2.88. The molecule has 0 aliphatic heterocycles. The van der Waals surface area contributed by atoms with E-state index in [4.69, 9.17) is 0 Å². The zero-order valence-electron chi connectivity index (χ0n) is 10.8. The molecule has 2 N–H and O–H groups in total. The molecule has 0 aromatic rings. The summed E-state index contributed by atoms with van der Waals surface area (Å²) in [5, 5.41) is 0.994. The highest BCUT2D eigenvalue weighted by atomic mass is 79.9. The molecule has 0 aromatic carbocycles. The van der Waals surface area contributed by atoms with Crippen molar-refractivity contribution in [2.75, 3.05) is 12.4 Å². The molecule has 94 valence electrons. The number of aliphatic imine (C=N–C) groups is 1. The van der Waals surface area contributed by atoms with E-state index in [1.807, 2.05) is 20.2 Å². The van der Waals surface area contributed by atoms with E-state index in [0.29, 0.717) is 12.0 Å². The zero-order valence-corrected chi connectivity index (χ0v) is 12.3. The smallest absolute Gasteiger partial charge is 0.0363 e. The van der Waals surface area contributed by atoms with Crippen LogP contribution >= 0.6 is 15.9 Å². The Morgan fingerprint density at radius 2 is 2.12 bits per heavy atom. The summed E-state index contributed by atoms with van der Waals surface area (Å²) >= 11 is 3.43. The van der Waals surface area contributed by atoms with Gasteiger partial charge in [-0.1, -0.05) is 28.9 Å². The minimum absolute atomic E-state index is 0.435. The lowest BCUT2D eigenvalue weighted by Gasteiger charge is -2.20. The highest BCUT2D eigenvalue weighted by Gasteiger charge is 2.12. The van der Waals surface area contributed by atoms with Crippen LogP contribution in [0.1, 0.15) is 33.6 Å². The van der Waals surface area contributed by atoms with Gasteiger partial charge in [0.2, 0.25) is 0 Å². The number of halogens is 1. The Hall–Kier alpha value is -0.190. The number of allylic oxidation sites excluding steroid dienone is 2. The monoisotopic (exact) mass is 289 g/mol. The molecule has 4 heteroatoms. The predicted molar refractivity (Wildman–Crippen MR) is 76.1 cm³/mol. The van der Waals surface area contributed by atoms with Crippen molar-refractivity contribution in [3.05, 3.63) is 11.8 Å². The third kappa shape index (κ3) is 7.14. The average molecular weight is 290 g/mol. The fourth-order valence-electron chi connectivity index (χ4n) is 1.45. The first kappa shape index (κ1) is 15.8. The second kappa shape index (κ2) is 10.00. The van der Waals surface area contributed by atoms with Gasteiger partial charge in [-0.3, -0.25) is 15.8 Å². The number of alkyl halides is 1. The normalized spacial score (nSPS) is 16.7. The maximum atomic E-state index is 4.41. The first-order valence-corrected chi connectivity index (χ1v) is 6.93. The molecule has 1 unspecified atom stereocenters. The number of nitrogens with zero attached hydrogens (tertiary/aromatic N) is 1. The molecule has 0 radical (unpaired) electrons. The molecule has 0 rings (SSSR count). The van der Waals surface area contributed by atoms with Crippen molar-refractivity contribution in [3.63, 3.8) is 0 Å². The Bertz CT molecular complexity index is 226. The Labute approximate surface area is 108 Å². The molecule has 0 aliphatic rings. The van der Waals surface area contributed by atoms with E-state index in [2.05, 4.69) is 51.7 Å². The molecular weight excluding hydrogens is 266 g/mol. The van der Waals surface area contributed by atoms with Gasteiger partial charge in [0.1, 0.15) is 0 Å². The highest BCUT2D eigenvalue weighted by molar-refractivity contribution is 9.09. The van der Waals surface area contributed by atoms with Gasteiger partial charge in [-0.05, 0) is 39.7 Å². The molecule has 0 saturated heterocycles. The highest BCUT2D eigenvalue weighted by Crippen LogP contribution is 2.16. The lowest BCUT2D eigenvalue weighted by Crippen LogP contribution is -2.40. The molecule has 16 heavy (non-hydrogen) atoms. The Kier molecular flexibility index (Phi) is 9.88. The summed E-state index contributed by atoms with van der Waals surface area (Å²) in [6.45, 7) is 6.38. The van der Waals surface area contributed by atoms with Gasteiger partial charge in [0, 0.05) is 23.3 Å². The van der Waals surface area contributed by atoms with Crippen molar-refractivity contribution in [3.8, 4) is 0 Å². The van der Waals surface area contributed by atoms with Crippen molar-refractivity contribution in [2.24, 2.45) is 10.9 Å². The lowest BCUT2D eigenvalue weighted by molar-refractivity contribution is 0.366. The van der Waals surface area contributed by atoms with E-state index in [1.165, 1.54) is 5.70 Å². The summed E-state index contributed by atoms with van der Waals surface area (Å²) < 4.78 is 0. The average Bonchev–Trinajstić information content (AvgIpc) is 2.26. The summed E-state index contributed by atoms with van der Waals surface area (Å²) in [5.41, 5.74) is 7.37. The standard InChI is InChI=1S/C12H24BrN3/c1-5-15-12(7-6-8-13)9-10(2)11(3)16-14-4/h5,7,10-11,14,16H,6,8-9H2,1-4H3/b12-7-,15-5?/t10-,11?/m1/s1. The van der Waals surface area contributed by atoms with E-state index >= 15 is 0 Å². The van der Waals surface area contributed by atoms with E-state index < -0.39 is 0 Å². The van der Waals surface area contributed by atoms with E-state index in [9.17, 15) is 0 Å². The van der Waals surface area contributed by atoms with Gasteiger partial charge < -0.3 is 0 Å². The Morgan fingerprint density at radius 1 is 1.44 bits per heavy atom. The van der Waals surface area contributed by atoms with E-state index in [-0.39, 0.29) is 0 Å². The quantitative estimate of drug-likeness (QED) is 0.410. The molecule has 0 fully saturated rings. The maximum Gasteiger partial charge on any atom is 0.0363 e. The third-order valence-corrected chi connectivity index (χ3v) is 3.00. The second-order valence-electron chi connectivity index (χ2n) is 3.92. The van der Waals surface area contributed by atoms with Crippen LogP contribution in [0.15, 0.2) is 16.8 Å². The second-order valence-corrected chi connectivity index (χ2v) is 4.72. The first-order chi connectivity index (χ1) is 7.65. The minimum Gasteiger partial charge on any atom is -0.266 e. The van der Waals surface area contributed by atoms with Gasteiger partial charge in [0.15, 0.2) is 0 Å². The fraction of sp³-hybridized carbons (Fsp3) is 0.750. The first-order valence-electron chi connectivity index (χ1n) is 5.81. The summed E-state index contributed by atoms with van der Waals surface area (Å²) in [6, 6.07) is 0.435. The van der Waals surface area contributed by atoms with Crippen LogP contribution in [0.5, 0.6) is 0 Å². The Balaban J connectivity index is 4.27. The zero-order chi connectivity index (χ0) is 12.4. The number of hydrogen-bond donors (Lipinski definition) is 2. The number of rotatable bonds is 8. The molecule has 0 bridgehead atoms. The third-order valence-electron chi connectivity index (χ3n) is 2.54. The molecule has 0 aromatic heterocycles. The lowest BCUT2D eigenvalue weighted by atomic mass is 9.98. The number of nitrogens with one attached hydrogen (secondary N) is 2. The number of hydrogen-bond acceptors (Lipinski definition) is 3. The van der Waals surface area contributed by atoms with Crippen LogP contribution in [-0.2, 0) is 0 Å². The minimum atomic E-state index is 0.435. The van der Waals surface area contributed by atoms with E-state index in [0.717, 1.165) is 18.2 Å². The van der Waals surface area contributed by atoms with Gasteiger partial charge in [-0.15, -0.1) is 0 Å². The number of hydrazine groups is 1. The van der Waals surface area contributed by atoms with Gasteiger partial charge in [0.05, 0.1) is 0 Å². The molecule has 0 aliphatic carbocycles. The molecule has 0 saturated carbocycles. The SMILES string of the molecule is CC=N/C(=C\CCBr)C[C@@H](C)C(C)NNC. The van der Waals surface area contributed by atoms with Crippen LogP contribution in [-0.4, -0.2) is 24.6 Å². The fourth-order valence-corrected chi connectivity index (χ4v) is 1.68. The summed E-state index contributed by atoms with van der Waals surface area (Å²) in [4.78, 5) is 4.41. The molecule has 0 amide bonds. The van der Waals surface area contributed by atoms with E-state index in [1.54, 1.807) is 0 Å². The molecular formula is C12H24BrN3.